The summed E-state index contributed by atoms with van der Waals surface area (Å²) < 4.78 is 28.9. The van der Waals surface area contributed by atoms with Crippen molar-refractivity contribution < 1.29 is 8.42 Å². The Hall–Kier alpha value is -1.11. The van der Waals surface area contributed by atoms with Crippen LogP contribution in [0.15, 0.2) is 24.3 Å². The van der Waals surface area contributed by atoms with Gasteiger partial charge in [0.2, 0.25) is 0 Å². The zero-order valence-electron chi connectivity index (χ0n) is 12.8. The quantitative estimate of drug-likeness (QED) is 0.905. The second-order valence-corrected chi connectivity index (χ2v) is 7.53. The summed E-state index contributed by atoms with van der Waals surface area (Å²) in [5, 5.41) is 0. The van der Waals surface area contributed by atoms with Crippen LogP contribution in [0, 0.1) is 0 Å². The number of piperidine rings is 1. The molecule has 21 heavy (non-hydrogen) atoms. The molecule has 0 atom stereocenters. The molecule has 118 valence electrons. The van der Waals surface area contributed by atoms with Crippen molar-refractivity contribution in [2.45, 2.75) is 45.7 Å². The average molecular weight is 311 g/mol. The molecule has 0 bridgehead atoms. The monoisotopic (exact) mass is 311 g/mol. The van der Waals surface area contributed by atoms with Gasteiger partial charge in [-0.05, 0) is 44.4 Å². The van der Waals surface area contributed by atoms with Gasteiger partial charge in [-0.1, -0.05) is 18.6 Å². The molecule has 1 saturated heterocycles. The molecule has 0 aromatic heterocycles. The summed E-state index contributed by atoms with van der Waals surface area (Å²) in [5.41, 5.74) is 7.30. The molecule has 5 nitrogen and oxygen atoms in total. The van der Waals surface area contributed by atoms with Gasteiger partial charge in [0.05, 0.1) is 5.69 Å². The van der Waals surface area contributed by atoms with Crippen molar-refractivity contribution in [1.29, 1.82) is 0 Å². The van der Waals surface area contributed by atoms with Crippen molar-refractivity contribution in [2.24, 2.45) is 5.73 Å². The van der Waals surface area contributed by atoms with Gasteiger partial charge in [-0.2, -0.15) is 12.7 Å². The maximum atomic E-state index is 12.9. The first-order valence-electron chi connectivity index (χ1n) is 7.55. The van der Waals surface area contributed by atoms with Gasteiger partial charge in [0, 0.05) is 25.7 Å². The van der Waals surface area contributed by atoms with Crippen molar-refractivity contribution in [3.8, 4) is 0 Å². The zero-order chi connectivity index (χ0) is 15.5. The van der Waals surface area contributed by atoms with Gasteiger partial charge in [0.25, 0.3) is 0 Å². The molecular weight excluding hydrogens is 286 g/mol. The largest absolute Gasteiger partial charge is 0.326 e. The number of nitrogens with zero attached hydrogens (tertiary/aromatic N) is 2. The highest BCUT2D eigenvalue weighted by Gasteiger charge is 2.32. The normalized spacial score (nSPS) is 17.1. The van der Waals surface area contributed by atoms with Gasteiger partial charge >= 0.3 is 10.2 Å². The molecule has 1 aliphatic rings. The third-order valence-corrected chi connectivity index (χ3v) is 5.93. The second kappa shape index (κ2) is 6.77. The fraction of sp³-hybridized carbons (Fsp3) is 0.600. The van der Waals surface area contributed by atoms with E-state index in [1.165, 1.54) is 4.31 Å². The average Bonchev–Trinajstić information content (AvgIpc) is 2.48. The van der Waals surface area contributed by atoms with E-state index in [-0.39, 0.29) is 6.04 Å². The molecule has 2 N–H and O–H groups in total. The van der Waals surface area contributed by atoms with E-state index in [1.54, 1.807) is 4.31 Å². The van der Waals surface area contributed by atoms with Crippen LogP contribution in [-0.2, 0) is 16.8 Å². The molecule has 1 aliphatic heterocycles. The summed E-state index contributed by atoms with van der Waals surface area (Å²) >= 11 is 0. The fourth-order valence-electron chi connectivity index (χ4n) is 2.70. The Labute approximate surface area is 127 Å². The van der Waals surface area contributed by atoms with Crippen LogP contribution in [0.4, 0.5) is 5.69 Å². The number of rotatable bonds is 5. The Kier molecular flexibility index (Phi) is 5.24. The Morgan fingerprint density at radius 3 is 2.19 bits per heavy atom. The molecule has 0 spiro atoms. The van der Waals surface area contributed by atoms with E-state index in [0.29, 0.717) is 25.3 Å². The standard InChI is InChI=1S/C15H25N3O2S/c1-13(2)18(15-8-6-14(12-16)7-9-15)21(19,20)17-10-4-3-5-11-17/h6-9,13H,3-5,10-12,16H2,1-2H3. The lowest BCUT2D eigenvalue weighted by Crippen LogP contribution is -2.48. The first kappa shape index (κ1) is 16.3. The maximum absolute atomic E-state index is 12.9. The number of anilines is 1. The van der Waals surface area contributed by atoms with Crippen LogP contribution in [-0.4, -0.2) is 31.9 Å². The summed E-state index contributed by atoms with van der Waals surface area (Å²) in [6, 6.07) is 7.32. The van der Waals surface area contributed by atoms with Crippen molar-refractivity contribution in [2.75, 3.05) is 17.4 Å². The predicted octanol–water partition coefficient (Wildman–Crippen LogP) is 2.09. The summed E-state index contributed by atoms with van der Waals surface area (Å²) in [7, 11) is -3.46. The molecule has 0 unspecified atom stereocenters. The minimum atomic E-state index is -3.46. The Bertz CT molecular complexity index is 549. The van der Waals surface area contributed by atoms with Gasteiger partial charge in [-0.25, -0.2) is 0 Å². The number of nitrogens with two attached hydrogens (primary N) is 1. The van der Waals surface area contributed by atoms with E-state index in [0.717, 1.165) is 24.8 Å². The lowest BCUT2D eigenvalue weighted by atomic mass is 10.2. The summed E-state index contributed by atoms with van der Waals surface area (Å²) in [6.45, 7) is 5.50. The van der Waals surface area contributed by atoms with Crippen LogP contribution in [0.2, 0.25) is 0 Å². The van der Waals surface area contributed by atoms with E-state index in [4.69, 9.17) is 5.73 Å². The van der Waals surface area contributed by atoms with Crippen molar-refractivity contribution >= 4 is 15.9 Å². The predicted molar refractivity (Wildman–Crippen MR) is 86.3 cm³/mol. The minimum Gasteiger partial charge on any atom is -0.326 e. The minimum absolute atomic E-state index is 0.124. The van der Waals surface area contributed by atoms with Gasteiger partial charge in [-0.15, -0.1) is 0 Å². The first-order valence-corrected chi connectivity index (χ1v) is 8.95. The molecule has 2 rings (SSSR count). The van der Waals surface area contributed by atoms with E-state index in [1.807, 2.05) is 38.1 Å². The Balaban J connectivity index is 2.32. The summed E-state index contributed by atoms with van der Waals surface area (Å²) in [4.78, 5) is 0. The molecule has 0 aliphatic carbocycles. The molecular formula is C15H25N3O2S. The topological polar surface area (TPSA) is 66.6 Å². The van der Waals surface area contributed by atoms with Crippen molar-refractivity contribution in [3.63, 3.8) is 0 Å². The smallest absolute Gasteiger partial charge is 0.304 e. The van der Waals surface area contributed by atoms with E-state index in [2.05, 4.69) is 0 Å². The van der Waals surface area contributed by atoms with Crippen LogP contribution < -0.4 is 10.0 Å². The van der Waals surface area contributed by atoms with Crippen molar-refractivity contribution in [1.82, 2.24) is 4.31 Å². The second-order valence-electron chi connectivity index (χ2n) is 5.73. The van der Waals surface area contributed by atoms with Gasteiger partial charge < -0.3 is 5.73 Å². The highest BCUT2D eigenvalue weighted by atomic mass is 32.2. The SMILES string of the molecule is CC(C)N(c1ccc(CN)cc1)S(=O)(=O)N1CCCCC1. The number of benzene rings is 1. The van der Waals surface area contributed by atoms with Gasteiger partial charge in [-0.3, -0.25) is 4.31 Å². The molecule has 1 aromatic carbocycles. The molecule has 0 radical (unpaired) electrons. The summed E-state index contributed by atoms with van der Waals surface area (Å²) in [5.74, 6) is 0. The zero-order valence-corrected chi connectivity index (χ0v) is 13.6. The highest BCUT2D eigenvalue weighted by Crippen LogP contribution is 2.25. The number of hydrogen-bond acceptors (Lipinski definition) is 3. The van der Waals surface area contributed by atoms with Crippen LogP contribution in [0.1, 0.15) is 38.7 Å². The third-order valence-electron chi connectivity index (χ3n) is 3.79. The first-order chi connectivity index (χ1) is 9.96. The van der Waals surface area contributed by atoms with Crippen LogP contribution in [0.3, 0.4) is 0 Å². The number of hydrogen-bond donors (Lipinski definition) is 1. The Morgan fingerprint density at radius 2 is 1.71 bits per heavy atom. The highest BCUT2D eigenvalue weighted by molar-refractivity contribution is 7.90. The molecule has 1 fully saturated rings. The third kappa shape index (κ3) is 3.56. The van der Waals surface area contributed by atoms with Crippen LogP contribution in [0.25, 0.3) is 0 Å². The maximum Gasteiger partial charge on any atom is 0.304 e. The molecule has 0 saturated carbocycles. The van der Waals surface area contributed by atoms with E-state index >= 15 is 0 Å². The van der Waals surface area contributed by atoms with E-state index in [9.17, 15) is 8.42 Å². The van der Waals surface area contributed by atoms with E-state index < -0.39 is 10.2 Å². The lowest BCUT2D eigenvalue weighted by Gasteiger charge is -2.35. The molecule has 1 aromatic rings. The van der Waals surface area contributed by atoms with Crippen molar-refractivity contribution in [3.05, 3.63) is 29.8 Å². The van der Waals surface area contributed by atoms with Gasteiger partial charge in [0.15, 0.2) is 0 Å². The fourth-order valence-corrected chi connectivity index (χ4v) is 4.59. The molecule has 6 heteroatoms. The molecule has 0 amide bonds. The summed E-state index contributed by atoms with van der Waals surface area (Å²) in [6.07, 6.45) is 2.99. The van der Waals surface area contributed by atoms with Crippen LogP contribution >= 0.6 is 0 Å². The lowest BCUT2D eigenvalue weighted by molar-refractivity contribution is 0.344. The Morgan fingerprint density at radius 1 is 1.14 bits per heavy atom. The molecule has 1 heterocycles. The van der Waals surface area contributed by atoms with Gasteiger partial charge in [0.1, 0.15) is 0 Å². The van der Waals surface area contributed by atoms with Crippen LogP contribution in [0.5, 0.6) is 0 Å².